The summed E-state index contributed by atoms with van der Waals surface area (Å²) in [5, 5.41) is 4.36. The molecule has 1 aliphatic heterocycles. The molecule has 30 heavy (non-hydrogen) atoms. The molecule has 1 heterocycles. The van der Waals surface area contributed by atoms with Crippen LogP contribution in [0.1, 0.15) is 54.9 Å². The van der Waals surface area contributed by atoms with Crippen LogP contribution in [0.2, 0.25) is 0 Å². The zero-order valence-corrected chi connectivity index (χ0v) is 18.5. The minimum absolute atomic E-state index is 0.251. The van der Waals surface area contributed by atoms with Crippen molar-refractivity contribution in [2.45, 2.75) is 63.8 Å². The number of anilines is 1. The summed E-state index contributed by atoms with van der Waals surface area (Å²) < 4.78 is 19.2. The van der Waals surface area contributed by atoms with Crippen molar-refractivity contribution in [2.75, 3.05) is 18.9 Å². The monoisotopic (exact) mass is 427 g/mol. The first-order valence-electron chi connectivity index (χ1n) is 10.6. The Balaban J connectivity index is 1.57. The molecule has 1 fully saturated rings. The molecule has 0 saturated carbocycles. The Morgan fingerprint density at radius 3 is 2.47 bits per heavy atom. The minimum Gasteiger partial charge on any atom is -0.307 e. The number of hydrogen-bond acceptors (Lipinski definition) is 4. The summed E-state index contributed by atoms with van der Waals surface area (Å²) in [5.74, 6) is 0. The summed E-state index contributed by atoms with van der Waals surface area (Å²) in [4.78, 5) is 18.0. The Hall–Kier alpha value is -2.37. The first kappa shape index (κ1) is 20.9. The zero-order valence-electron chi connectivity index (χ0n) is 17.7. The van der Waals surface area contributed by atoms with Crippen molar-refractivity contribution < 1.29 is 9.00 Å². The number of carbonyl (C=O) groups is 1. The van der Waals surface area contributed by atoms with Crippen molar-refractivity contribution in [1.82, 2.24) is 9.62 Å². The largest absolute Gasteiger partial charge is 0.332 e. The maximum absolute atomic E-state index is 13.2. The summed E-state index contributed by atoms with van der Waals surface area (Å²) in [6, 6.07) is 1.73. The van der Waals surface area contributed by atoms with E-state index in [1.807, 2.05) is 13.1 Å². The van der Waals surface area contributed by atoms with Crippen LogP contribution in [0.25, 0.3) is 4.95 Å². The number of nitrogens with zero attached hydrogens (tertiary/aromatic N) is 3. The summed E-state index contributed by atoms with van der Waals surface area (Å²) >= 11 is 0. The molecule has 2 atom stereocenters. The molecule has 2 amide bonds. The van der Waals surface area contributed by atoms with E-state index >= 15 is 0 Å². The van der Waals surface area contributed by atoms with Gasteiger partial charge in [-0.1, -0.05) is 12.1 Å². The van der Waals surface area contributed by atoms with Crippen LogP contribution in [0.15, 0.2) is 22.0 Å². The third-order valence-electron chi connectivity index (χ3n) is 6.77. The smallest absolute Gasteiger partial charge is 0.307 e. The van der Waals surface area contributed by atoms with Crippen LogP contribution in [-0.2, 0) is 35.6 Å². The summed E-state index contributed by atoms with van der Waals surface area (Å²) in [5.41, 5.74) is 5.67. The van der Waals surface area contributed by atoms with Crippen LogP contribution in [0.5, 0.6) is 0 Å². The summed E-state index contributed by atoms with van der Waals surface area (Å²) in [6.07, 6.45) is 9.96. The second kappa shape index (κ2) is 8.05. The third-order valence-corrected chi connectivity index (χ3v) is 8.08. The summed E-state index contributed by atoms with van der Waals surface area (Å²) in [6.45, 7) is 10.1. The Kier molecular flexibility index (Phi) is 5.60. The fraction of sp³-hybridized carbons (Fsp3) is 0.545. The number of aryl methyl sites for hydroxylation is 2. The van der Waals surface area contributed by atoms with Gasteiger partial charge in [-0.2, -0.15) is 6.57 Å². The molecule has 2 N–H and O–H groups in total. The number of fused-ring (bicyclic) bond motifs is 2. The number of nitrogens with one attached hydrogen (secondary N) is 2. The van der Waals surface area contributed by atoms with Gasteiger partial charge in [0.25, 0.3) is 0 Å². The maximum atomic E-state index is 13.2. The van der Waals surface area contributed by atoms with Crippen LogP contribution in [-0.4, -0.2) is 34.3 Å². The molecule has 1 aromatic carbocycles. The van der Waals surface area contributed by atoms with E-state index in [0.717, 1.165) is 63.6 Å². The molecule has 0 aromatic heterocycles. The molecule has 8 heteroatoms. The second-order valence-electron chi connectivity index (χ2n) is 8.73. The van der Waals surface area contributed by atoms with Gasteiger partial charge in [-0.15, -0.1) is 4.95 Å². The van der Waals surface area contributed by atoms with Crippen molar-refractivity contribution in [1.29, 1.82) is 0 Å². The van der Waals surface area contributed by atoms with Gasteiger partial charge in [-0.05, 0) is 94.1 Å². The van der Waals surface area contributed by atoms with Gasteiger partial charge in [-0.3, -0.25) is 4.90 Å². The van der Waals surface area contributed by atoms with E-state index < -0.39 is 15.9 Å². The molecule has 1 saturated heterocycles. The van der Waals surface area contributed by atoms with Gasteiger partial charge in [0.15, 0.2) is 4.47 Å². The highest BCUT2D eigenvalue weighted by Gasteiger charge is 2.32. The lowest BCUT2D eigenvalue weighted by Gasteiger charge is -2.28. The molecule has 3 aliphatic rings. The van der Waals surface area contributed by atoms with Crippen LogP contribution in [0.3, 0.4) is 0 Å². The van der Waals surface area contributed by atoms with Gasteiger partial charge in [0, 0.05) is 16.6 Å². The zero-order chi connectivity index (χ0) is 21.4. The first-order chi connectivity index (χ1) is 14.3. The first-order valence-corrected chi connectivity index (χ1v) is 12.2. The molecule has 2 aliphatic carbocycles. The van der Waals surface area contributed by atoms with Crippen molar-refractivity contribution in [3.8, 4) is 0 Å². The number of amides is 2. The number of carbonyl (C=O) groups excluding carboxylic acids is 1. The minimum atomic E-state index is -3.33. The van der Waals surface area contributed by atoms with Crippen LogP contribution >= 0.6 is 0 Å². The molecule has 0 spiro atoms. The lowest BCUT2D eigenvalue weighted by molar-refractivity contribution is 0.251. The quantitative estimate of drug-likeness (QED) is 0.563. The molecular weight excluding hydrogens is 398 g/mol. The van der Waals surface area contributed by atoms with Crippen molar-refractivity contribution >= 4 is 21.6 Å². The summed E-state index contributed by atoms with van der Waals surface area (Å²) in [7, 11) is -1.32. The molecule has 7 nitrogen and oxygen atoms in total. The van der Waals surface area contributed by atoms with Gasteiger partial charge in [0.2, 0.25) is 9.92 Å². The van der Waals surface area contributed by atoms with E-state index in [-0.39, 0.29) is 5.54 Å². The second-order valence-corrected chi connectivity index (χ2v) is 10.5. The topological polar surface area (TPSA) is 78.2 Å². The molecule has 160 valence electrons. The fourth-order valence-corrected chi connectivity index (χ4v) is 6.03. The molecule has 0 radical (unpaired) electrons. The van der Waals surface area contributed by atoms with Gasteiger partial charge < -0.3 is 5.32 Å². The highest BCUT2D eigenvalue weighted by molar-refractivity contribution is 7.95. The van der Waals surface area contributed by atoms with Crippen LogP contribution in [0.4, 0.5) is 10.5 Å². The SMILES string of the molecule is [C-]#[N+]N=S(=O)(/C=C/[C@]1(C)CCCN1C)NC(=O)Nc1c2c(cc3c1CCC3)CCC2. The van der Waals surface area contributed by atoms with Crippen molar-refractivity contribution in [3.05, 3.63) is 51.3 Å². The number of benzene rings is 1. The van der Waals surface area contributed by atoms with E-state index in [1.165, 1.54) is 27.7 Å². The van der Waals surface area contributed by atoms with E-state index in [0.29, 0.717) is 0 Å². The van der Waals surface area contributed by atoms with Crippen molar-refractivity contribution in [2.24, 2.45) is 4.47 Å². The Bertz CT molecular complexity index is 1030. The predicted octanol–water partition coefficient (Wildman–Crippen LogP) is 4.00. The van der Waals surface area contributed by atoms with Gasteiger partial charge in [0.05, 0.1) is 0 Å². The van der Waals surface area contributed by atoms with E-state index in [2.05, 4.69) is 37.4 Å². The third kappa shape index (κ3) is 3.96. The molecule has 1 unspecified atom stereocenters. The maximum Gasteiger partial charge on any atom is 0.332 e. The van der Waals surface area contributed by atoms with Crippen LogP contribution < -0.4 is 10.0 Å². The number of likely N-dealkylation sites (N-methyl/N-ethyl adjacent to an activating group) is 1. The molecule has 1 aromatic rings. The number of likely N-dealkylation sites (tertiary alicyclic amines) is 1. The van der Waals surface area contributed by atoms with E-state index in [9.17, 15) is 9.00 Å². The van der Waals surface area contributed by atoms with Gasteiger partial charge in [0.1, 0.15) is 0 Å². The predicted molar refractivity (Wildman–Crippen MR) is 119 cm³/mol. The van der Waals surface area contributed by atoms with Gasteiger partial charge in [-0.25, -0.2) is 13.7 Å². The lowest BCUT2D eigenvalue weighted by atomic mass is 9.99. The number of urea groups is 1. The highest BCUT2D eigenvalue weighted by Crippen LogP contribution is 2.38. The fourth-order valence-electron chi connectivity index (χ4n) is 4.95. The average Bonchev–Trinajstić information content (AvgIpc) is 3.41. The van der Waals surface area contributed by atoms with Gasteiger partial charge >= 0.3 is 6.03 Å². The molecule has 4 rings (SSSR count). The number of rotatable bonds is 4. The Morgan fingerprint density at radius 1 is 1.23 bits per heavy atom. The standard InChI is InChI=1S/C22H29N5O2S/c1-22(11-6-13-27(22)3)12-14-30(29,26-23-2)25-21(28)24-20-18-9-4-7-16(18)15-17-8-5-10-19(17)20/h12,14-15H,4-11,13H2,1,3H3,(H2,24,25,26,28,29)/b14-12+/t22-,30?/m0/s1. The Labute approximate surface area is 179 Å². The molecule has 0 bridgehead atoms. The average molecular weight is 428 g/mol. The lowest BCUT2D eigenvalue weighted by Crippen LogP contribution is -2.37. The normalized spacial score (nSPS) is 24.8. The van der Waals surface area contributed by atoms with Crippen LogP contribution in [0, 0.1) is 6.57 Å². The van der Waals surface area contributed by atoms with E-state index in [1.54, 1.807) is 0 Å². The Morgan fingerprint density at radius 2 is 1.90 bits per heavy atom. The molecular formula is C22H29N5O2S. The highest BCUT2D eigenvalue weighted by atomic mass is 32.2. The van der Waals surface area contributed by atoms with Crippen molar-refractivity contribution in [3.63, 3.8) is 0 Å². The number of hydrogen-bond donors (Lipinski definition) is 2. The van der Waals surface area contributed by atoms with E-state index in [4.69, 9.17) is 6.57 Å².